The Hall–Kier alpha value is -1.48. The predicted octanol–water partition coefficient (Wildman–Crippen LogP) is 3.51. The molecule has 1 fully saturated rings. The maximum atomic E-state index is 12.4. The van der Waals surface area contributed by atoms with Crippen molar-refractivity contribution in [2.45, 2.75) is 57.5 Å². The normalized spacial score (nSPS) is 26.3. The average Bonchev–Trinajstić information content (AvgIpc) is 2.63. The first-order valence-electron chi connectivity index (χ1n) is 8.65. The van der Waals surface area contributed by atoms with Crippen molar-refractivity contribution in [3.05, 3.63) is 35.4 Å². The average molecular weight is 298 g/mol. The van der Waals surface area contributed by atoms with Crippen LogP contribution >= 0.6 is 0 Å². The van der Waals surface area contributed by atoms with E-state index in [0.29, 0.717) is 12.3 Å². The summed E-state index contributed by atoms with van der Waals surface area (Å²) in [6.45, 7) is 0. The van der Waals surface area contributed by atoms with Crippen molar-refractivity contribution < 1.29 is 4.79 Å². The third-order valence-electron chi connectivity index (χ3n) is 5.00. The zero-order valence-electron chi connectivity index (χ0n) is 13.5. The second-order valence-electron chi connectivity index (χ2n) is 6.52. The highest BCUT2D eigenvalue weighted by atomic mass is 16.1. The number of fused-ring (bicyclic) bond motifs is 1. The van der Waals surface area contributed by atoms with Crippen LogP contribution in [0.4, 0.5) is 0 Å². The maximum absolute atomic E-state index is 12.4. The molecule has 1 saturated carbocycles. The molecular weight excluding hydrogens is 272 g/mol. The van der Waals surface area contributed by atoms with Crippen molar-refractivity contribution >= 4 is 11.5 Å². The van der Waals surface area contributed by atoms with E-state index in [2.05, 4.69) is 29.6 Å². The lowest BCUT2D eigenvalue weighted by Gasteiger charge is -2.26. The van der Waals surface area contributed by atoms with Gasteiger partial charge >= 0.3 is 0 Å². The van der Waals surface area contributed by atoms with Crippen molar-refractivity contribution in [1.29, 1.82) is 0 Å². The van der Waals surface area contributed by atoms with Crippen molar-refractivity contribution in [3.63, 3.8) is 0 Å². The van der Waals surface area contributed by atoms with Crippen molar-refractivity contribution in [3.8, 4) is 0 Å². The number of hydrogen-bond acceptors (Lipinski definition) is 3. The molecule has 3 nitrogen and oxygen atoms in total. The maximum Gasteiger partial charge on any atom is 0.171 e. The molecule has 3 rings (SSSR count). The Balaban J connectivity index is 2.04. The molecule has 1 unspecified atom stereocenters. The van der Waals surface area contributed by atoms with E-state index in [4.69, 9.17) is 4.99 Å². The van der Waals surface area contributed by atoms with Crippen LogP contribution < -0.4 is 5.32 Å². The first-order chi connectivity index (χ1) is 10.8. The van der Waals surface area contributed by atoms with Gasteiger partial charge in [-0.3, -0.25) is 15.1 Å². The van der Waals surface area contributed by atoms with Crippen LogP contribution in [-0.4, -0.2) is 24.7 Å². The Labute approximate surface area is 133 Å². The molecule has 1 atom stereocenters. The molecule has 1 N–H and O–H groups in total. The monoisotopic (exact) mass is 298 g/mol. The summed E-state index contributed by atoms with van der Waals surface area (Å²) in [5, 5.41) is 3.11. The van der Waals surface area contributed by atoms with Gasteiger partial charge in [0.2, 0.25) is 0 Å². The van der Waals surface area contributed by atoms with Crippen LogP contribution in [0.2, 0.25) is 0 Å². The molecule has 1 heterocycles. The van der Waals surface area contributed by atoms with Gasteiger partial charge in [-0.2, -0.15) is 0 Å². The predicted molar refractivity (Wildman–Crippen MR) is 90.3 cm³/mol. The highest BCUT2D eigenvalue weighted by Crippen LogP contribution is 2.30. The molecule has 0 aromatic heterocycles. The number of aliphatic imine (C=N–C) groups is 1. The highest BCUT2D eigenvalue weighted by Gasteiger charge is 2.26. The van der Waals surface area contributed by atoms with Gasteiger partial charge in [-0.25, -0.2) is 0 Å². The topological polar surface area (TPSA) is 41.5 Å². The van der Waals surface area contributed by atoms with Gasteiger partial charge in [-0.05, 0) is 43.9 Å². The molecule has 1 aliphatic heterocycles. The summed E-state index contributed by atoms with van der Waals surface area (Å²) in [6, 6.07) is 8.61. The zero-order chi connectivity index (χ0) is 15.4. The van der Waals surface area contributed by atoms with Gasteiger partial charge in [0.25, 0.3) is 0 Å². The van der Waals surface area contributed by atoms with Crippen molar-refractivity contribution in [1.82, 2.24) is 5.32 Å². The fraction of sp³-hybridized carbons (Fsp3) is 0.579. The Morgan fingerprint density at radius 2 is 1.82 bits per heavy atom. The van der Waals surface area contributed by atoms with Crippen LogP contribution in [0.1, 0.15) is 56.1 Å². The summed E-state index contributed by atoms with van der Waals surface area (Å²) in [5.74, 6) is 0.736. The first-order valence-corrected chi connectivity index (χ1v) is 8.65. The molecule has 118 valence electrons. The molecule has 0 bridgehead atoms. The van der Waals surface area contributed by atoms with Crippen LogP contribution in [0, 0.1) is 5.92 Å². The van der Waals surface area contributed by atoms with E-state index < -0.39 is 0 Å². The van der Waals surface area contributed by atoms with Crippen molar-refractivity contribution in [2.75, 3.05) is 7.05 Å². The van der Waals surface area contributed by atoms with E-state index >= 15 is 0 Å². The molecule has 0 amide bonds. The minimum atomic E-state index is -0.372. The lowest BCUT2D eigenvalue weighted by atomic mass is 9.81. The van der Waals surface area contributed by atoms with E-state index in [9.17, 15) is 4.79 Å². The Morgan fingerprint density at radius 3 is 2.59 bits per heavy atom. The zero-order valence-corrected chi connectivity index (χ0v) is 13.5. The second-order valence-corrected chi connectivity index (χ2v) is 6.52. The summed E-state index contributed by atoms with van der Waals surface area (Å²) in [4.78, 5) is 17.3. The van der Waals surface area contributed by atoms with E-state index in [0.717, 1.165) is 12.8 Å². The van der Waals surface area contributed by atoms with Crippen molar-refractivity contribution in [2.24, 2.45) is 10.9 Å². The quantitative estimate of drug-likeness (QED) is 0.908. The van der Waals surface area contributed by atoms with Crippen LogP contribution in [0.15, 0.2) is 29.3 Å². The van der Waals surface area contributed by atoms with E-state index in [1.54, 1.807) is 0 Å². The van der Waals surface area contributed by atoms with Gasteiger partial charge in [-0.15, -0.1) is 0 Å². The Morgan fingerprint density at radius 1 is 1.05 bits per heavy atom. The molecule has 0 radical (unpaired) electrons. The third-order valence-corrected chi connectivity index (χ3v) is 5.00. The minimum Gasteiger partial charge on any atom is -0.296 e. The third kappa shape index (κ3) is 3.30. The highest BCUT2D eigenvalue weighted by molar-refractivity contribution is 6.05. The summed E-state index contributed by atoms with van der Waals surface area (Å²) in [7, 11) is 1.84. The Kier molecular flexibility index (Phi) is 5.04. The van der Waals surface area contributed by atoms with E-state index in [1.807, 2.05) is 7.05 Å². The first kappa shape index (κ1) is 15.4. The van der Waals surface area contributed by atoms with Gasteiger partial charge in [0.15, 0.2) is 11.9 Å². The Bertz CT molecular complexity index is 558. The number of hydrogen-bond donors (Lipinski definition) is 1. The van der Waals surface area contributed by atoms with Gasteiger partial charge in [0, 0.05) is 18.1 Å². The van der Waals surface area contributed by atoms with Crippen LogP contribution in [0.5, 0.6) is 0 Å². The molecule has 0 saturated heterocycles. The fourth-order valence-corrected chi connectivity index (χ4v) is 3.79. The SMILES string of the molecule is CNC1/N=C(/C2CCCCC2)c2ccccc2CCCC1=O. The number of carbonyl (C=O) groups is 1. The number of nitrogens with zero attached hydrogens (tertiary/aromatic N) is 1. The van der Waals surface area contributed by atoms with E-state index in [-0.39, 0.29) is 11.9 Å². The molecule has 1 aromatic carbocycles. The number of Topliss-reactive ketones (excluding diaryl/α,β-unsaturated/α-hetero) is 1. The number of benzene rings is 1. The largest absolute Gasteiger partial charge is 0.296 e. The molecule has 1 aliphatic carbocycles. The molecule has 0 spiro atoms. The van der Waals surface area contributed by atoms with Gasteiger partial charge in [0.05, 0.1) is 0 Å². The molecule has 2 aliphatic rings. The smallest absolute Gasteiger partial charge is 0.171 e. The number of aryl methyl sites for hydroxylation is 1. The van der Waals surface area contributed by atoms with Crippen LogP contribution in [0.3, 0.4) is 0 Å². The molecule has 3 heteroatoms. The standard InChI is InChI=1S/C19H26N2O/c1-20-19-17(22)13-7-11-14-8-5-6-12-16(14)18(21-19)15-9-3-2-4-10-15/h5-6,8,12,15,19-20H,2-4,7,9-11,13H2,1H3/b21-18-. The van der Waals surface area contributed by atoms with Gasteiger partial charge in [0.1, 0.15) is 0 Å². The van der Waals surface area contributed by atoms with Gasteiger partial charge < -0.3 is 0 Å². The second kappa shape index (κ2) is 7.19. The van der Waals surface area contributed by atoms with Crippen LogP contribution in [-0.2, 0) is 11.2 Å². The minimum absolute atomic E-state index is 0.226. The number of likely N-dealkylation sites (N-methyl/N-ethyl adjacent to an activating group) is 1. The lowest BCUT2D eigenvalue weighted by Crippen LogP contribution is -2.34. The fourth-order valence-electron chi connectivity index (χ4n) is 3.79. The van der Waals surface area contributed by atoms with Crippen LogP contribution in [0.25, 0.3) is 0 Å². The molecule has 22 heavy (non-hydrogen) atoms. The number of rotatable bonds is 2. The molecule has 1 aromatic rings. The number of nitrogens with one attached hydrogen (secondary N) is 1. The summed E-state index contributed by atoms with van der Waals surface area (Å²) < 4.78 is 0. The van der Waals surface area contributed by atoms with Gasteiger partial charge in [-0.1, -0.05) is 43.5 Å². The summed E-state index contributed by atoms with van der Waals surface area (Å²) >= 11 is 0. The van der Waals surface area contributed by atoms with E-state index in [1.165, 1.54) is 48.9 Å². The molecular formula is C19H26N2O. The number of carbonyl (C=O) groups excluding carboxylic acids is 1. The lowest BCUT2D eigenvalue weighted by molar-refractivity contribution is -0.120. The summed E-state index contributed by atoms with van der Waals surface area (Å²) in [5.41, 5.74) is 3.81. The number of ketones is 1. The summed E-state index contributed by atoms with van der Waals surface area (Å²) in [6.07, 6.45) is 8.44.